The molecule has 4 nitrogen and oxygen atoms in total. The van der Waals surface area contributed by atoms with Gasteiger partial charge >= 0.3 is 0 Å². The monoisotopic (exact) mass is 458 g/mol. The molecule has 172 valence electrons. The van der Waals surface area contributed by atoms with Crippen molar-refractivity contribution in [2.24, 2.45) is 0 Å². The van der Waals surface area contributed by atoms with Crippen LogP contribution in [0.15, 0.2) is 78.9 Å². The van der Waals surface area contributed by atoms with Crippen molar-refractivity contribution in [2.45, 2.75) is 26.8 Å². The molecule has 1 N–H and O–H groups in total. The Bertz CT molecular complexity index is 1340. The predicted molar refractivity (Wildman–Crippen MR) is 127 cm³/mol. The van der Waals surface area contributed by atoms with Gasteiger partial charge in [0, 0.05) is 22.5 Å². The second kappa shape index (κ2) is 9.83. The minimum Gasteiger partial charge on any atom is -0.346 e. The van der Waals surface area contributed by atoms with E-state index in [-0.39, 0.29) is 18.0 Å². The minimum atomic E-state index is -0.909. The molecule has 0 aliphatic carbocycles. The molecule has 4 aromatic rings. The van der Waals surface area contributed by atoms with Crippen LogP contribution in [0.3, 0.4) is 0 Å². The van der Waals surface area contributed by atoms with Crippen molar-refractivity contribution in [3.05, 3.63) is 124 Å². The number of halogens is 2. The molecule has 1 heterocycles. The zero-order chi connectivity index (χ0) is 24.2. The van der Waals surface area contributed by atoms with Crippen molar-refractivity contribution in [3.8, 4) is 5.69 Å². The van der Waals surface area contributed by atoms with Crippen LogP contribution in [0.2, 0.25) is 0 Å². The zero-order valence-corrected chi connectivity index (χ0v) is 18.9. The Balaban J connectivity index is 1.76. The van der Waals surface area contributed by atoms with E-state index in [1.165, 1.54) is 6.07 Å². The summed E-state index contributed by atoms with van der Waals surface area (Å²) in [4.78, 5) is 25.9. The first-order chi connectivity index (χ1) is 16.4. The number of carbonyl (C=O) groups is 2. The average Bonchev–Trinajstić information content (AvgIpc) is 3.17. The van der Waals surface area contributed by atoms with E-state index in [4.69, 9.17) is 0 Å². The standard InChI is InChI=1S/C28H24F2N2O2/c1-3-19-16-21(17-31-28(34)20-10-5-4-6-11-20)32(18(19)2)25-15-8-7-12-22(25)27(33)26-23(29)13-9-14-24(26)30/h4-16H,3,17H2,1-2H3,(H,31,34). The number of amides is 1. The Morgan fingerprint density at radius 3 is 2.21 bits per heavy atom. The van der Waals surface area contributed by atoms with E-state index in [1.54, 1.807) is 48.5 Å². The van der Waals surface area contributed by atoms with E-state index in [2.05, 4.69) is 5.32 Å². The molecule has 0 aliphatic rings. The summed E-state index contributed by atoms with van der Waals surface area (Å²) in [5.74, 6) is -2.78. The minimum absolute atomic E-state index is 0.170. The molecule has 3 aromatic carbocycles. The number of para-hydroxylation sites is 1. The van der Waals surface area contributed by atoms with Gasteiger partial charge in [0.25, 0.3) is 5.91 Å². The number of hydrogen-bond donors (Lipinski definition) is 1. The Labute approximate surface area is 196 Å². The van der Waals surface area contributed by atoms with Crippen LogP contribution in [-0.4, -0.2) is 16.3 Å². The Kier molecular flexibility index (Phi) is 6.68. The van der Waals surface area contributed by atoms with Crippen LogP contribution < -0.4 is 5.32 Å². The van der Waals surface area contributed by atoms with Crippen molar-refractivity contribution in [1.29, 1.82) is 0 Å². The quantitative estimate of drug-likeness (QED) is 0.357. The second-order valence-corrected chi connectivity index (χ2v) is 7.93. The third-order valence-electron chi connectivity index (χ3n) is 5.85. The van der Waals surface area contributed by atoms with Crippen LogP contribution in [0.25, 0.3) is 5.69 Å². The molecule has 1 amide bonds. The molecule has 1 aromatic heterocycles. The van der Waals surface area contributed by atoms with Gasteiger partial charge in [0.2, 0.25) is 5.78 Å². The summed E-state index contributed by atoms with van der Waals surface area (Å²) < 4.78 is 30.7. The molecular weight excluding hydrogens is 434 g/mol. The molecule has 0 unspecified atom stereocenters. The fourth-order valence-corrected chi connectivity index (χ4v) is 4.12. The molecule has 6 heteroatoms. The highest BCUT2D eigenvalue weighted by molar-refractivity contribution is 6.11. The van der Waals surface area contributed by atoms with E-state index in [9.17, 15) is 18.4 Å². The fourth-order valence-electron chi connectivity index (χ4n) is 4.12. The lowest BCUT2D eigenvalue weighted by atomic mass is 10.00. The van der Waals surface area contributed by atoms with Gasteiger partial charge in [-0.2, -0.15) is 0 Å². The number of aryl methyl sites for hydroxylation is 1. The molecule has 4 rings (SSSR count). The first-order valence-electron chi connectivity index (χ1n) is 11.0. The molecule has 0 saturated heterocycles. The van der Waals surface area contributed by atoms with Gasteiger partial charge in [0.05, 0.1) is 17.8 Å². The lowest BCUT2D eigenvalue weighted by Crippen LogP contribution is -2.24. The molecule has 0 atom stereocenters. The normalized spacial score (nSPS) is 10.8. The first kappa shape index (κ1) is 23.1. The van der Waals surface area contributed by atoms with E-state index >= 15 is 0 Å². The zero-order valence-electron chi connectivity index (χ0n) is 18.9. The van der Waals surface area contributed by atoms with Gasteiger partial charge in [-0.15, -0.1) is 0 Å². The number of nitrogens with zero attached hydrogens (tertiary/aromatic N) is 1. The predicted octanol–water partition coefficient (Wildman–Crippen LogP) is 5.79. The van der Waals surface area contributed by atoms with Gasteiger partial charge in [0.15, 0.2) is 0 Å². The smallest absolute Gasteiger partial charge is 0.251 e. The molecule has 0 radical (unpaired) electrons. The van der Waals surface area contributed by atoms with Crippen LogP contribution in [0.1, 0.15) is 50.2 Å². The molecule has 34 heavy (non-hydrogen) atoms. The summed E-state index contributed by atoms with van der Waals surface area (Å²) >= 11 is 0. The van der Waals surface area contributed by atoms with E-state index in [1.807, 2.05) is 30.5 Å². The molecule has 0 aliphatic heterocycles. The third-order valence-corrected chi connectivity index (χ3v) is 5.85. The lowest BCUT2D eigenvalue weighted by molar-refractivity contribution is 0.0949. The SMILES string of the molecule is CCc1cc(CNC(=O)c2ccccc2)n(-c2ccccc2C(=O)c2c(F)cccc2F)c1C. The number of aromatic nitrogens is 1. The van der Waals surface area contributed by atoms with Crippen molar-refractivity contribution in [1.82, 2.24) is 9.88 Å². The van der Waals surface area contributed by atoms with Crippen LogP contribution in [0.4, 0.5) is 8.78 Å². The number of rotatable bonds is 7. The summed E-state index contributed by atoms with van der Waals surface area (Å²) in [5, 5.41) is 2.92. The van der Waals surface area contributed by atoms with E-state index in [0.717, 1.165) is 35.5 Å². The number of ketones is 1. The topological polar surface area (TPSA) is 51.1 Å². The van der Waals surface area contributed by atoms with Crippen molar-refractivity contribution >= 4 is 11.7 Å². The Hall–Kier alpha value is -4.06. The van der Waals surface area contributed by atoms with Gasteiger partial charge in [-0.1, -0.05) is 43.3 Å². The average molecular weight is 459 g/mol. The number of carbonyl (C=O) groups excluding carboxylic acids is 2. The van der Waals surface area contributed by atoms with Crippen LogP contribution in [0.5, 0.6) is 0 Å². The number of benzene rings is 3. The second-order valence-electron chi connectivity index (χ2n) is 7.93. The Morgan fingerprint density at radius 2 is 1.53 bits per heavy atom. The van der Waals surface area contributed by atoms with Crippen molar-refractivity contribution < 1.29 is 18.4 Å². The number of nitrogens with one attached hydrogen (secondary N) is 1. The van der Waals surface area contributed by atoms with Gasteiger partial charge in [-0.05, 0) is 61.4 Å². The maximum Gasteiger partial charge on any atom is 0.251 e. The van der Waals surface area contributed by atoms with Crippen LogP contribution in [0, 0.1) is 18.6 Å². The number of hydrogen-bond acceptors (Lipinski definition) is 2. The fraction of sp³-hybridized carbons (Fsp3) is 0.143. The molecular formula is C28H24F2N2O2. The van der Waals surface area contributed by atoms with Crippen molar-refractivity contribution in [2.75, 3.05) is 0 Å². The summed E-state index contributed by atoms with van der Waals surface area (Å²) in [6.07, 6.45) is 0.747. The van der Waals surface area contributed by atoms with Crippen LogP contribution >= 0.6 is 0 Å². The maximum atomic E-state index is 14.4. The maximum absolute atomic E-state index is 14.4. The third kappa shape index (κ3) is 4.39. The van der Waals surface area contributed by atoms with Gasteiger partial charge in [-0.3, -0.25) is 9.59 Å². The summed E-state index contributed by atoms with van der Waals surface area (Å²) in [6.45, 7) is 4.15. The summed E-state index contributed by atoms with van der Waals surface area (Å²) in [7, 11) is 0. The highest BCUT2D eigenvalue weighted by atomic mass is 19.1. The van der Waals surface area contributed by atoms with Gasteiger partial charge in [-0.25, -0.2) is 8.78 Å². The molecule has 0 bridgehead atoms. The summed E-state index contributed by atoms with van der Waals surface area (Å²) in [5.41, 5.74) is 3.31. The lowest BCUT2D eigenvalue weighted by Gasteiger charge is -2.17. The summed E-state index contributed by atoms with van der Waals surface area (Å²) in [6, 6.07) is 20.9. The van der Waals surface area contributed by atoms with E-state index < -0.39 is 23.0 Å². The van der Waals surface area contributed by atoms with E-state index in [0.29, 0.717) is 11.3 Å². The molecule has 0 fully saturated rings. The Morgan fingerprint density at radius 1 is 0.882 bits per heavy atom. The highest BCUT2D eigenvalue weighted by Crippen LogP contribution is 2.27. The van der Waals surface area contributed by atoms with Crippen molar-refractivity contribution in [3.63, 3.8) is 0 Å². The molecule has 0 spiro atoms. The molecule has 0 saturated carbocycles. The van der Waals surface area contributed by atoms with Gasteiger partial charge < -0.3 is 9.88 Å². The van der Waals surface area contributed by atoms with Gasteiger partial charge in [0.1, 0.15) is 11.6 Å². The first-order valence-corrected chi connectivity index (χ1v) is 11.0. The highest BCUT2D eigenvalue weighted by Gasteiger charge is 2.24. The van der Waals surface area contributed by atoms with Crippen LogP contribution in [-0.2, 0) is 13.0 Å². The largest absolute Gasteiger partial charge is 0.346 e.